The first-order chi connectivity index (χ1) is 5.36. The number of hydrogen-bond donors (Lipinski definition) is 1. The molecule has 11 heavy (non-hydrogen) atoms. The summed E-state index contributed by atoms with van der Waals surface area (Å²) in [5, 5.41) is 11.6. The highest BCUT2D eigenvalue weighted by Gasteiger charge is 2.03. The minimum Gasteiger partial charge on any atom is -0.136 e. The SMILES string of the molecule is Sc1nnc(-c2cc[c]s2)s1. The molecule has 0 saturated carbocycles. The van der Waals surface area contributed by atoms with Crippen LogP contribution in [-0.4, -0.2) is 10.2 Å². The van der Waals surface area contributed by atoms with Crippen molar-refractivity contribution < 1.29 is 0 Å². The molecule has 0 aliphatic carbocycles. The Kier molecular flexibility index (Phi) is 1.93. The number of thiol groups is 1. The quantitative estimate of drug-likeness (QED) is 0.713. The first-order valence-electron chi connectivity index (χ1n) is 2.85. The lowest BCUT2D eigenvalue weighted by Gasteiger charge is -1.81. The molecular formula is C6H3N2S3. The minimum atomic E-state index is 0.702. The van der Waals surface area contributed by atoms with Crippen molar-refractivity contribution in [3.63, 3.8) is 0 Å². The van der Waals surface area contributed by atoms with Crippen LogP contribution in [0.2, 0.25) is 0 Å². The Hall–Kier alpha value is -0.390. The Bertz CT molecular complexity index is 338. The molecule has 0 N–H and O–H groups in total. The summed E-state index contributed by atoms with van der Waals surface area (Å²) in [5.41, 5.74) is 0. The van der Waals surface area contributed by atoms with Crippen molar-refractivity contribution in [2.75, 3.05) is 0 Å². The van der Waals surface area contributed by atoms with E-state index >= 15 is 0 Å². The van der Waals surface area contributed by atoms with Crippen LogP contribution in [0, 0.1) is 5.38 Å². The molecule has 0 bridgehead atoms. The van der Waals surface area contributed by atoms with Gasteiger partial charge in [-0.3, -0.25) is 0 Å². The fraction of sp³-hybridized carbons (Fsp3) is 0. The molecule has 2 aromatic rings. The fourth-order valence-electron chi connectivity index (χ4n) is 0.671. The van der Waals surface area contributed by atoms with E-state index in [2.05, 4.69) is 28.2 Å². The summed E-state index contributed by atoms with van der Waals surface area (Å²) in [6, 6.07) is 3.85. The second-order valence-corrected chi connectivity index (χ2v) is 4.39. The molecule has 2 nitrogen and oxygen atoms in total. The Morgan fingerprint density at radius 3 is 2.91 bits per heavy atom. The molecular weight excluding hydrogens is 196 g/mol. The lowest BCUT2D eigenvalue weighted by Crippen LogP contribution is -1.68. The van der Waals surface area contributed by atoms with Crippen molar-refractivity contribution in [3.8, 4) is 9.88 Å². The van der Waals surface area contributed by atoms with Crippen LogP contribution in [0.3, 0.4) is 0 Å². The molecule has 1 radical (unpaired) electrons. The maximum Gasteiger partial charge on any atom is 0.171 e. The lowest BCUT2D eigenvalue weighted by molar-refractivity contribution is 1.02. The van der Waals surface area contributed by atoms with Crippen LogP contribution in [0.1, 0.15) is 0 Å². The third kappa shape index (κ3) is 1.45. The van der Waals surface area contributed by atoms with E-state index < -0.39 is 0 Å². The number of hydrogen-bond acceptors (Lipinski definition) is 5. The van der Waals surface area contributed by atoms with Crippen LogP contribution in [0.4, 0.5) is 0 Å². The second kappa shape index (κ2) is 2.92. The molecule has 2 rings (SSSR count). The van der Waals surface area contributed by atoms with E-state index in [0.29, 0.717) is 4.34 Å². The van der Waals surface area contributed by atoms with E-state index in [0.717, 1.165) is 9.88 Å². The van der Waals surface area contributed by atoms with Crippen molar-refractivity contribution in [1.29, 1.82) is 0 Å². The highest BCUT2D eigenvalue weighted by molar-refractivity contribution is 7.82. The molecule has 0 aliphatic rings. The van der Waals surface area contributed by atoms with E-state index in [1.54, 1.807) is 0 Å². The molecule has 55 valence electrons. The zero-order valence-corrected chi connectivity index (χ0v) is 7.84. The Labute approximate surface area is 77.3 Å². The molecule has 0 unspecified atom stereocenters. The van der Waals surface area contributed by atoms with Gasteiger partial charge in [0.2, 0.25) is 0 Å². The lowest BCUT2D eigenvalue weighted by atomic mass is 10.5. The van der Waals surface area contributed by atoms with Gasteiger partial charge in [-0.1, -0.05) is 11.3 Å². The van der Waals surface area contributed by atoms with Gasteiger partial charge in [-0.25, -0.2) is 0 Å². The topological polar surface area (TPSA) is 25.8 Å². The Morgan fingerprint density at radius 1 is 1.45 bits per heavy atom. The second-order valence-electron chi connectivity index (χ2n) is 1.81. The van der Waals surface area contributed by atoms with Crippen molar-refractivity contribution in [3.05, 3.63) is 17.5 Å². The van der Waals surface area contributed by atoms with Crippen molar-refractivity contribution in [2.45, 2.75) is 4.34 Å². The van der Waals surface area contributed by atoms with Gasteiger partial charge in [0.15, 0.2) is 9.35 Å². The summed E-state index contributed by atoms with van der Waals surface area (Å²) in [4.78, 5) is 1.10. The normalized spacial score (nSPS) is 10.3. The monoisotopic (exact) mass is 199 g/mol. The van der Waals surface area contributed by atoms with E-state index in [9.17, 15) is 0 Å². The predicted octanol–water partition coefficient (Wildman–Crippen LogP) is 2.36. The van der Waals surface area contributed by atoms with Crippen LogP contribution in [0.25, 0.3) is 9.88 Å². The molecule has 0 saturated heterocycles. The van der Waals surface area contributed by atoms with Crippen LogP contribution >= 0.6 is 35.3 Å². The largest absolute Gasteiger partial charge is 0.171 e. The molecule has 0 aliphatic heterocycles. The van der Waals surface area contributed by atoms with E-state index in [1.165, 1.54) is 22.7 Å². The average Bonchev–Trinajstić information content (AvgIpc) is 2.55. The summed E-state index contributed by atoms with van der Waals surface area (Å²) in [6.07, 6.45) is 0. The summed E-state index contributed by atoms with van der Waals surface area (Å²) >= 11 is 7.09. The third-order valence-electron chi connectivity index (χ3n) is 1.10. The van der Waals surface area contributed by atoms with Gasteiger partial charge in [-0.05, 0) is 12.1 Å². The predicted molar refractivity (Wildman–Crippen MR) is 49.3 cm³/mol. The van der Waals surface area contributed by atoms with Gasteiger partial charge in [0.1, 0.15) is 0 Å². The summed E-state index contributed by atoms with van der Waals surface area (Å²) in [6.45, 7) is 0. The van der Waals surface area contributed by atoms with Gasteiger partial charge in [0, 0.05) is 5.38 Å². The summed E-state index contributed by atoms with van der Waals surface area (Å²) in [7, 11) is 0. The van der Waals surface area contributed by atoms with Crippen LogP contribution < -0.4 is 0 Å². The van der Waals surface area contributed by atoms with Crippen molar-refractivity contribution in [1.82, 2.24) is 10.2 Å². The number of aromatic nitrogens is 2. The molecule has 0 aromatic carbocycles. The average molecular weight is 199 g/mol. The van der Waals surface area contributed by atoms with Gasteiger partial charge in [0.25, 0.3) is 0 Å². The zero-order chi connectivity index (χ0) is 7.68. The van der Waals surface area contributed by atoms with Crippen LogP contribution in [0.5, 0.6) is 0 Å². The Balaban J connectivity index is 2.45. The first-order valence-corrected chi connectivity index (χ1v) is 4.93. The molecule has 0 amide bonds. The minimum absolute atomic E-state index is 0.702. The van der Waals surface area contributed by atoms with Gasteiger partial charge >= 0.3 is 0 Å². The molecule has 0 fully saturated rings. The van der Waals surface area contributed by atoms with E-state index in [4.69, 9.17) is 0 Å². The van der Waals surface area contributed by atoms with Crippen LogP contribution in [0.15, 0.2) is 16.5 Å². The summed E-state index contributed by atoms with van der Waals surface area (Å²) < 4.78 is 0.702. The molecule has 0 spiro atoms. The van der Waals surface area contributed by atoms with Crippen molar-refractivity contribution in [2.24, 2.45) is 0 Å². The van der Waals surface area contributed by atoms with E-state index in [1.807, 2.05) is 12.1 Å². The highest BCUT2D eigenvalue weighted by Crippen LogP contribution is 2.28. The smallest absolute Gasteiger partial charge is 0.136 e. The molecule has 2 heterocycles. The summed E-state index contributed by atoms with van der Waals surface area (Å²) in [5.74, 6) is 0. The molecule has 0 atom stereocenters. The van der Waals surface area contributed by atoms with Crippen LogP contribution in [-0.2, 0) is 0 Å². The van der Waals surface area contributed by atoms with Gasteiger partial charge < -0.3 is 0 Å². The standard InChI is InChI=1S/C6H3N2S3/c9-6-8-7-5(11-6)4-2-1-3-10-4/h1-2H,(H,8,9). The maximum absolute atomic E-state index is 4.08. The van der Waals surface area contributed by atoms with Gasteiger partial charge in [0.05, 0.1) is 4.88 Å². The third-order valence-corrected chi connectivity index (χ3v) is 3.15. The zero-order valence-electron chi connectivity index (χ0n) is 5.31. The number of thiophene rings is 1. The maximum atomic E-state index is 4.08. The highest BCUT2D eigenvalue weighted by atomic mass is 32.2. The molecule has 2 aromatic heterocycles. The van der Waals surface area contributed by atoms with Gasteiger partial charge in [-0.2, -0.15) is 0 Å². The number of nitrogens with zero attached hydrogens (tertiary/aromatic N) is 2. The first kappa shape index (κ1) is 7.27. The number of rotatable bonds is 1. The van der Waals surface area contributed by atoms with Crippen molar-refractivity contribution >= 4 is 35.3 Å². The van der Waals surface area contributed by atoms with E-state index in [-0.39, 0.29) is 0 Å². The Morgan fingerprint density at radius 2 is 2.36 bits per heavy atom. The van der Waals surface area contributed by atoms with Gasteiger partial charge in [-0.15, -0.1) is 34.2 Å². The molecule has 5 heteroatoms. The fourth-order valence-corrected chi connectivity index (χ4v) is 2.26.